The molecule has 0 heterocycles. The molecule has 0 aliphatic carbocycles. The summed E-state index contributed by atoms with van der Waals surface area (Å²) in [5.41, 5.74) is 3.68. The van der Waals surface area contributed by atoms with Gasteiger partial charge in [-0.05, 0) is 29.3 Å². The number of anilines is 2. The predicted octanol–water partition coefficient (Wildman–Crippen LogP) is 5.27. The van der Waals surface area contributed by atoms with Crippen LogP contribution in [-0.4, -0.2) is 6.03 Å². The van der Waals surface area contributed by atoms with E-state index in [1.165, 1.54) is 5.56 Å². The van der Waals surface area contributed by atoms with E-state index < -0.39 is 0 Å². The molecule has 0 saturated heterocycles. The summed E-state index contributed by atoms with van der Waals surface area (Å²) in [5.74, 6) is 0. The van der Waals surface area contributed by atoms with E-state index in [1.54, 1.807) is 6.07 Å². The first kappa shape index (κ1) is 17.8. The van der Waals surface area contributed by atoms with Crippen LogP contribution >= 0.6 is 11.6 Å². The summed E-state index contributed by atoms with van der Waals surface area (Å²) >= 11 is 6.32. The van der Waals surface area contributed by atoms with Crippen molar-refractivity contribution in [3.63, 3.8) is 0 Å². The minimum Gasteiger partial charge on any atom is -0.380 e. The van der Waals surface area contributed by atoms with Crippen molar-refractivity contribution < 1.29 is 4.79 Å². The molecular formula is C21H20ClN3O. The van der Waals surface area contributed by atoms with Crippen molar-refractivity contribution in [1.29, 1.82) is 0 Å². The molecule has 0 spiro atoms. The first-order valence-corrected chi connectivity index (χ1v) is 8.74. The zero-order chi connectivity index (χ0) is 18.2. The Morgan fingerprint density at radius 3 is 2.04 bits per heavy atom. The maximum Gasteiger partial charge on any atom is 0.319 e. The van der Waals surface area contributed by atoms with Gasteiger partial charge in [0, 0.05) is 18.8 Å². The Morgan fingerprint density at radius 1 is 0.808 bits per heavy atom. The highest BCUT2D eigenvalue weighted by Crippen LogP contribution is 2.26. The van der Waals surface area contributed by atoms with Crippen molar-refractivity contribution >= 4 is 29.0 Å². The zero-order valence-corrected chi connectivity index (χ0v) is 15.0. The van der Waals surface area contributed by atoms with Gasteiger partial charge in [-0.2, -0.15) is 0 Å². The van der Waals surface area contributed by atoms with Gasteiger partial charge < -0.3 is 16.0 Å². The van der Waals surface area contributed by atoms with E-state index in [0.717, 1.165) is 11.3 Å². The topological polar surface area (TPSA) is 53.2 Å². The number of hydrogen-bond acceptors (Lipinski definition) is 2. The molecule has 3 aromatic rings. The van der Waals surface area contributed by atoms with Crippen LogP contribution < -0.4 is 16.0 Å². The molecule has 0 atom stereocenters. The number of urea groups is 1. The highest BCUT2D eigenvalue weighted by atomic mass is 35.5. The first-order chi connectivity index (χ1) is 12.7. The minimum atomic E-state index is -0.269. The van der Waals surface area contributed by atoms with Crippen LogP contribution in [0.2, 0.25) is 5.02 Å². The minimum absolute atomic E-state index is 0.269. The Kier molecular flexibility index (Phi) is 6.12. The van der Waals surface area contributed by atoms with Crippen LogP contribution in [0.1, 0.15) is 11.1 Å². The third-order valence-electron chi connectivity index (χ3n) is 3.85. The highest BCUT2D eigenvalue weighted by Gasteiger charge is 2.05. The average Bonchev–Trinajstić information content (AvgIpc) is 2.67. The van der Waals surface area contributed by atoms with Crippen LogP contribution in [0.3, 0.4) is 0 Å². The predicted molar refractivity (Wildman–Crippen MR) is 108 cm³/mol. The molecule has 26 heavy (non-hydrogen) atoms. The number of halogens is 1. The number of benzene rings is 3. The number of carbonyl (C=O) groups excluding carboxylic acids is 1. The van der Waals surface area contributed by atoms with E-state index in [-0.39, 0.29) is 6.03 Å². The number of carbonyl (C=O) groups is 1. The molecular weight excluding hydrogens is 346 g/mol. The van der Waals surface area contributed by atoms with E-state index in [4.69, 9.17) is 11.6 Å². The van der Waals surface area contributed by atoms with Crippen LogP contribution in [0.15, 0.2) is 78.9 Å². The van der Waals surface area contributed by atoms with Gasteiger partial charge in [0.15, 0.2) is 0 Å². The summed E-state index contributed by atoms with van der Waals surface area (Å²) in [6.07, 6.45) is 0. The lowest BCUT2D eigenvalue weighted by Gasteiger charge is -2.12. The lowest BCUT2D eigenvalue weighted by atomic mass is 10.2. The van der Waals surface area contributed by atoms with Gasteiger partial charge in [-0.15, -0.1) is 0 Å². The molecule has 5 heteroatoms. The molecule has 0 unspecified atom stereocenters. The highest BCUT2D eigenvalue weighted by molar-refractivity contribution is 6.33. The normalized spacial score (nSPS) is 10.2. The molecule has 2 amide bonds. The Balaban J connectivity index is 1.52. The molecule has 0 aliphatic heterocycles. The van der Waals surface area contributed by atoms with Gasteiger partial charge in [0.1, 0.15) is 0 Å². The Morgan fingerprint density at radius 2 is 1.42 bits per heavy atom. The lowest BCUT2D eigenvalue weighted by molar-refractivity contribution is 0.251. The van der Waals surface area contributed by atoms with E-state index in [1.807, 2.05) is 72.8 Å². The van der Waals surface area contributed by atoms with Crippen molar-refractivity contribution in [3.8, 4) is 0 Å². The second-order valence-electron chi connectivity index (χ2n) is 5.83. The molecule has 3 aromatic carbocycles. The largest absolute Gasteiger partial charge is 0.380 e. The second kappa shape index (κ2) is 8.92. The molecule has 3 rings (SSSR count). The zero-order valence-electron chi connectivity index (χ0n) is 14.2. The van der Waals surface area contributed by atoms with Crippen LogP contribution in [0.25, 0.3) is 0 Å². The molecule has 0 radical (unpaired) electrons. The van der Waals surface area contributed by atoms with Crippen molar-refractivity contribution in [3.05, 3.63) is 95.0 Å². The van der Waals surface area contributed by atoms with E-state index in [9.17, 15) is 4.79 Å². The second-order valence-corrected chi connectivity index (χ2v) is 6.23. The Hall–Kier alpha value is -2.98. The summed E-state index contributed by atoms with van der Waals surface area (Å²) in [6, 6.07) is 25.0. The van der Waals surface area contributed by atoms with Crippen LogP contribution in [0.5, 0.6) is 0 Å². The lowest BCUT2D eigenvalue weighted by Crippen LogP contribution is -2.28. The average molecular weight is 366 g/mol. The molecule has 3 N–H and O–H groups in total. The molecule has 0 fully saturated rings. The Bertz CT molecular complexity index is 854. The molecule has 0 aliphatic rings. The third-order valence-corrected chi connectivity index (χ3v) is 4.16. The van der Waals surface area contributed by atoms with Crippen molar-refractivity contribution in [2.45, 2.75) is 13.1 Å². The summed E-state index contributed by atoms with van der Waals surface area (Å²) in [5, 5.41) is 9.46. The van der Waals surface area contributed by atoms with E-state index in [0.29, 0.717) is 23.8 Å². The smallest absolute Gasteiger partial charge is 0.319 e. The third kappa shape index (κ3) is 5.26. The van der Waals surface area contributed by atoms with Gasteiger partial charge in [0.2, 0.25) is 0 Å². The van der Waals surface area contributed by atoms with Gasteiger partial charge in [-0.3, -0.25) is 0 Å². The van der Waals surface area contributed by atoms with Crippen LogP contribution in [-0.2, 0) is 13.1 Å². The first-order valence-electron chi connectivity index (χ1n) is 8.37. The van der Waals surface area contributed by atoms with Gasteiger partial charge >= 0.3 is 6.03 Å². The summed E-state index contributed by atoms with van der Waals surface area (Å²) < 4.78 is 0. The Labute approximate surface area is 158 Å². The molecule has 0 saturated carbocycles. The van der Waals surface area contributed by atoms with Gasteiger partial charge in [-0.1, -0.05) is 72.3 Å². The SMILES string of the molecule is O=C(NCc1ccccc1)Nc1ccc(NCc2ccccc2)c(Cl)c1. The summed E-state index contributed by atoms with van der Waals surface area (Å²) in [4.78, 5) is 12.0. The number of rotatable bonds is 6. The molecule has 4 nitrogen and oxygen atoms in total. The summed E-state index contributed by atoms with van der Waals surface area (Å²) in [6.45, 7) is 1.15. The molecule has 0 aromatic heterocycles. The van der Waals surface area contributed by atoms with Crippen LogP contribution in [0, 0.1) is 0 Å². The fraction of sp³-hybridized carbons (Fsp3) is 0.0952. The van der Waals surface area contributed by atoms with E-state index >= 15 is 0 Å². The van der Waals surface area contributed by atoms with Gasteiger partial charge in [0.25, 0.3) is 0 Å². The molecule has 132 valence electrons. The van der Waals surface area contributed by atoms with Crippen molar-refractivity contribution in [2.24, 2.45) is 0 Å². The van der Waals surface area contributed by atoms with Gasteiger partial charge in [0.05, 0.1) is 10.7 Å². The quantitative estimate of drug-likeness (QED) is 0.557. The maximum atomic E-state index is 12.0. The monoisotopic (exact) mass is 365 g/mol. The maximum absolute atomic E-state index is 12.0. The molecule has 0 bridgehead atoms. The van der Waals surface area contributed by atoms with E-state index in [2.05, 4.69) is 16.0 Å². The fourth-order valence-corrected chi connectivity index (χ4v) is 2.73. The number of amides is 2. The van der Waals surface area contributed by atoms with Gasteiger partial charge in [-0.25, -0.2) is 4.79 Å². The van der Waals surface area contributed by atoms with Crippen LogP contribution in [0.4, 0.5) is 16.2 Å². The number of hydrogen-bond donors (Lipinski definition) is 3. The number of nitrogens with one attached hydrogen (secondary N) is 3. The van der Waals surface area contributed by atoms with Crippen molar-refractivity contribution in [1.82, 2.24) is 5.32 Å². The fourth-order valence-electron chi connectivity index (χ4n) is 2.48. The summed E-state index contributed by atoms with van der Waals surface area (Å²) in [7, 11) is 0. The van der Waals surface area contributed by atoms with Crippen molar-refractivity contribution in [2.75, 3.05) is 10.6 Å². The standard InChI is InChI=1S/C21H20ClN3O/c22-19-13-18(25-21(26)24-15-17-9-5-2-6-10-17)11-12-20(19)23-14-16-7-3-1-4-8-16/h1-13,23H,14-15H2,(H2,24,25,26).